The number of amides is 1. The summed E-state index contributed by atoms with van der Waals surface area (Å²) in [5, 5.41) is 6.17. The first kappa shape index (κ1) is 20.2. The number of hydrogen-bond donors (Lipinski definition) is 1. The summed E-state index contributed by atoms with van der Waals surface area (Å²) in [5.74, 6) is 0.642. The predicted molar refractivity (Wildman–Crippen MR) is 116 cm³/mol. The molecule has 3 nitrogen and oxygen atoms in total. The van der Waals surface area contributed by atoms with Gasteiger partial charge in [0.1, 0.15) is 4.34 Å². The highest BCUT2D eigenvalue weighted by Gasteiger charge is 2.11. The highest BCUT2D eigenvalue weighted by molar-refractivity contribution is 8.00. The Morgan fingerprint density at radius 2 is 2.04 bits per heavy atom. The molecule has 0 bridgehead atoms. The lowest BCUT2D eigenvalue weighted by molar-refractivity contribution is -0.115. The maximum Gasteiger partial charge on any atom is 0.230 e. The van der Waals surface area contributed by atoms with Gasteiger partial charge in [-0.05, 0) is 48.7 Å². The van der Waals surface area contributed by atoms with E-state index in [1.165, 1.54) is 11.3 Å². The van der Waals surface area contributed by atoms with Gasteiger partial charge in [0.2, 0.25) is 5.91 Å². The fourth-order valence-electron chi connectivity index (χ4n) is 2.46. The third kappa shape index (κ3) is 5.48. The first-order chi connectivity index (χ1) is 12.9. The maximum atomic E-state index is 12.3. The van der Waals surface area contributed by atoms with Crippen LogP contribution in [0, 0.1) is 13.8 Å². The van der Waals surface area contributed by atoms with E-state index in [0.717, 1.165) is 32.4 Å². The second-order valence-corrected chi connectivity index (χ2v) is 9.03. The number of aryl methyl sites for hydroxylation is 1. The molecule has 140 valence electrons. The maximum absolute atomic E-state index is 12.3. The van der Waals surface area contributed by atoms with Crippen molar-refractivity contribution in [3.8, 4) is 0 Å². The van der Waals surface area contributed by atoms with Crippen molar-refractivity contribution in [1.29, 1.82) is 0 Å². The first-order valence-corrected chi connectivity index (χ1v) is 10.9. The Morgan fingerprint density at radius 3 is 2.81 bits per heavy atom. The molecule has 27 heavy (non-hydrogen) atoms. The van der Waals surface area contributed by atoms with E-state index in [2.05, 4.69) is 10.3 Å². The summed E-state index contributed by atoms with van der Waals surface area (Å²) in [6.07, 6.45) is 0.256. The molecule has 1 amide bonds. The van der Waals surface area contributed by atoms with Gasteiger partial charge < -0.3 is 5.32 Å². The lowest BCUT2D eigenvalue weighted by Crippen LogP contribution is -2.15. The van der Waals surface area contributed by atoms with Gasteiger partial charge in [0.15, 0.2) is 0 Å². The van der Waals surface area contributed by atoms with Crippen molar-refractivity contribution in [2.45, 2.75) is 30.4 Å². The van der Waals surface area contributed by atoms with Crippen LogP contribution in [-0.2, 0) is 17.0 Å². The quantitative estimate of drug-likeness (QED) is 0.445. The van der Waals surface area contributed by atoms with Crippen molar-refractivity contribution in [3.63, 3.8) is 0 Å². The first-order valence-electron chi connectivity index (χ1n) is 8.29. The minimum Gasteiger partial charge on any atom is -0.325 e. The van der Waals surface area contributed by atoms with Crippen molar-refractivity contribution in [2.75, 3.05) is 5.32 Å². The molecular formula is C20H18Cl2N2OS2. The van der Waals surface area contributed by atoms with Crippen LogP contribution in [0.5, 0.6) is 0 Å². The summed E-state index contributed by atoms with van der Waals surface area (Å²) in [7, 11) is 0. The molecule has 1 aromatic heterocycles. The number of aromatic nitrogens is 1. The van der Waals surface area contributed by atoms with Crippen LogP contribution in [0.4, 0.5) is 5.69 Å². The molecule has 0 spiro atoms. The SMILES string of the molecule is Cc1cccc(NC(=O)Cc2csc(SCc3ccc(Cl)cc3Cl)n2)c1C. The second kappa shape index (κ2) is 9.11. The third-order valence-electron chi connectivity index (χ3n) is 4.12. The molecule has 1 heterocycles. The van der Waals surface area contributed by atoms with Crippen LogP contribution >= 0.6 is 46.3 Å². The van der Waals surface area contributed by atoms with Gasteiger partial charge in [-0.25, -0.2) is 4.98 Å². The highest BCUT2D eigenvalue weighted by atomic mass is 35.5. The minimum atomic E-state index is -0.0636. The number of anilines is 1. The summed E-state index contributed by atoms with van der Waals surface area (Å²) in [5.41, 5.74) is 4.87. The van der Waals surface area contributed by atoms with Crippen LogP contribution < -0.4 is 5.32 Å². The zero-order chi connectivity index (χ0) is 19.4. The average Bonchev–Trinajstić information content (AvgIpc) is 3.05. The summed E-state index contributed by atoms with van der Waals surface area (Å²) in [6, 6.07) is 11.4. The van der Waals surface area contributed by atoms with Gasteiger partial charge in [-0.2, -0.15) is 0 Å². The zero-order valence-electron chi connectivity index (χ0n) is 14.9. The molecule has 3 aromatic rings. The van der Waals surface area contributed by atoms with Gasteiger partial charge in [-0.1, -0.05) is 53.2 Å². The number of halogens is 2. The number of nitrogens with zero attached hydrogens (tertiary/aromatic N) is 1. The second-order valence-electron chi connectivity index (χ2n) is 6.10. The van der Waals surface area contributed by atoms with Gasteiger partial charge in [0.25, 0.3) is 0 Å². The van der Waals surface area contributed by atoms with E-state index in [0.29, 0.717) is 15.8 Å². The van der Waals surface area contributed by atoms with Gasteiger partial charge in [-0.15, -0.1) is 11.3 Å². The van der Waals surface area contributed by atoms with Crippen molar-refractivity contribution < 1.29 is 4.79 Å². The Morgan fingerprint density at radius 1 is 1.22 bits per heavy atom. The lowest BCUT2D eigenvalue weighted by Gasteiger charge is -2.09. The molecule has 0 aliphatic carbocycles. The fourth-order valence-corrected chi connectivity index (χ4v) is 4.86. The third-order valence-corrected chi connectivity index (χ3v) is 6.82. The molecule has 0 aliphatic heterocycles. The predicted octanol–water partition coefficient (Wildman–Crippen LogP) is 6.54. The van der Waals surface area contributed by atoms with E-state index in [9.17, 15) is 4.79 Å². The van der Waals surface area contributed by atoms with Gasteiger partial charge in [0, 0.05) is 26.9 Å². The molecule has 7 heteroatoms. The minimum absolute atomic E-state index is 0.0636. The Bertz CT molecular complexity index is 972. The number of hydrogen-bond acceptors (Lipinski definition) is 4. The number of carbonyl (C=O) groups excluding carboxylic acids is 1. The van der Waals surface area contributed by atoms with Crippen molar-refractivity contribution in [3.05, 3.63) is 74.2 Å². The summed E-state index contributed by atoms with van der Waals surface area (Å²) >= 11 is 15.3. The fraction of sp³-hybridized carbons (Fsp3) is 0.200. The van der Waals surface area contributed by atoms with E-state index in [4.69, 9.17) is 23.2 Å². The van der Waals surface area contributed by atoms with Crippen LogP contribution in [0.1, 0.15) is 22.4 Å². The Hall–Kier alpha value is -1.53. The number of thioether (sulfide) groups is 1. The number of thiazole rings is 1. The normalized spacial score (nSPS) is 10.8. The molecule has 3 rings (SSSR count). The van der Waals surface area contributed by atoms with Crippen LogP contribution in [-0.4, -0.2) is 10.9 Å². The molecule has 0 unspecified atom stereocenters. The molecule has 0 radical (unpaired) electrons. The van der Waals surface area contributed by atoms with E-state index in [-0.39, 0.29) is 12.3 Å². The number of nitrogens with one attached hydrogen (secondary N) is 1. The average molecular weight is 437 g/mol. The Kier molecular flexibility index (Phi) is 6.82. The number of rotatable bonds is 6. The number of benzene rings is 2. The summed E-state index contributed by atoms with van der Waals surface area (Å²) in [4.78, 5) is 16.9. The van der Waals surface area contributed by atoms with Crippen molar-refractivity contribution in [1.82, 2.24) is 4.98 Å². The standard InChI is InChI=1S/C20H18Cl2N2OS2/c1-12-4-3-5-18(13(12)2)24-19(25)9-16-11-27-20(23-16)26-10-14-6-7-15(21)8-17(14)22/h3-8,11H,9-10H2,1-2H3,(H,24,25). The molecule has 0 aliphatic rings. The van der Waals surface area contributed by atoms with Crippen LogP contribution in [0.15, 0.2) is 46.1 Å². The molecule has 0 saturated carbocycles. The van der Waals surface area contributed by atoms with Crippen LogP contribution in [0.2, 0.25) is 10.0 Å². The van der Waals surface area contributed by atoms with E-state index < -0.39 is 0 Å². The molecular weight excluding hydrogens is 419 g/mol. The van der Waals surface area contributed by atoms with E-state index in [1.54, 1.807) is 17.8 Å². The van der Waals surface area contributed by atoms with Crippen LogP contribution in [0.25, 0.3) is 0 Å². The molecule has 1 N–H and O–H groups in total. The van der Waals surface area contributed by atoms with E-state index >= 15 is 0 Å². The Labute approximate surface area is 177 Å². The monoisotopic (exact) mass is 436 g/mol. The van der Waals surface area contributed by atoms with Gasteiger partial charge >= 0.3 is 0 Å². The summed E-state index contributed by atoms with van der Waals surface area (Å²) < 4.78 is 0.913. The lowest BCUT2D eigenvalue weighted by atomic mass is 10.1. The molecule has 0 fully saturated rings. The zero-order valence-corrected chi connectivity index (χ0v) is 18.0. The smallest absolute Gasteiger partial charge is 0.230 e. The topological polar surface area (TPSA) is 42.0 Å². The summed E-state index contributed by atoms with van der Waals surface area (Å²) in [6.45, 7) is 4.03. The Balaban J connectivity index is 1.57. The van der Waals surface area contributed by atoms with Crippen molar-refractivity contribution in [2.24, 2.45) is 0 Å². The van der Waals surface area contributed by atoms with Gasteiger partial charge in [0.05, 0.1) is 12.1 Å². The molecule has 0 atom stereocenters. The number of carbonyl (C=O) groups is 1. The van der Waals surface area contributed by atoms with Gasteiger partial charge in [-0.3, -0.25) is 4.79 Å². The van der Waals surface area contributed by atoms with E-state index in [1.807, 2.05) is 49.6 Å². The largest absolute Gasteiger partial charge is 0.325 e. The molecule has 0 saturated heterocycles. The van der Waals surface area contributed by atoms with Crippen molar-refractivity contribution >= 4 is 57.9 Å². The highest BCUT2D eigenvalue weighted by Crippen LogP contribution is 2.30. The van der Waals surface area contributed by atoms with Crippen LogP contribution in [0.3, 0.4) is 0 Å². The molecule has 2 aromatic carbocycles.